The lowest BCUT2D eigenvalue weighted by molar-refractivity contribution is 0.0529. The van der Waals surface area contributed by atoms with E-state index < -0.39 is 0 Å². The van der Waals surface area contributed by atoms with Crippen LogP contribution in [0.1, 0.15) is 55.8 Å². The smallest absolute Gasteiger partial charge is 0.339 e. The van der Waals surface area contributed by atoms with Gasteiger partial charge in [-0.15, -0.1) is 11.3 Å². The zero-order chi connectivity index (χ0) is 15.4. The number of anilines is 1. The SMILES string of the molecule is CCOC(=O)c1csc2ncnc(NC3CCCCCC3)c12. The van der Waals surface area contributed by atoms with Crippen LogP contribution in [-0.2, 0) is 4.74 Å². The lowest BCUT2D eigenvalue weighted by Gasteiger charge is -2.17. The van der Waals surface area contributed by atoms with Gasteiger partial charge in [-0.25, -0.2) is 14.8 Å². The normalized spacial score (nSPS) is 16.4. The van der Waals surface area contributed by atoms with E-state index in [4.69, 9.17) is 4.74 Å². The fourth-order valence-electron chi connectivity index (χ4n) is 2.96. The number of esters is 1. The number of thiophene rings is 1. The molecule has 0 saturated heterocycles. The summed E-state index contributed by atoms with van der Waals surface area (Å²) >= 11 is 1.46. The van der Waals surface area contributed by atoms with Crippen LogP contribution >= 0.6 is 11.3 Å². The molecule has 3 rings (SSSR count). The van der Waals surface area contributed by atoms with Gasteiger partial charge in [-0.05, 0) is 19.8 Å². The summed E-state index contributed by atoms with van der Waals surface area (Å²) in [7, 11) is 0. The Labute approximate surface area is 134 Å². The largest absolute Gasteiger partial charge is 0.462 e. The summed E-state index contributed by atoms with van der Waals surface area (Å²) in [5.41, 5.74) is 0.568. The summed E-state index contributed by atoms with van der Waals surface area (Å²) in [6.45, 7) is 2.18. The molecule has 0 radical (unpaired) electrons. The molecule has 0 amide bonds. The number of nitrogens with zero attached hydrogens (tertiary/aromatic N) is 2. The number of hydrogen-bond donors (Lipinski definition) is 1. The summed E-state index contributed by atoms with van der Waals surface area (Å²) in [6.07, 6.45) is 9.00. The topological polar surface area (TPSA) is 64.1 Å². The van der Waals surface area contributed by atoms with Gasteiger partial charge in [0.05, 0.1) is 17.6 Å². The zero-order valence-corrected chi connectivity index (χ0v) is 13.6. The molecule has 1 fully saturated rings. The zero-order valence-electron chi connectivity index (χ0n) is 12.8. The van der Waals surface area contributed by atoms with Crippen LogP contribution < -0.4 is 5.32 Å². The van der Waals surface area contributed by atoms with Gasteiger partial charge in [-0.1, -0.05) is 25.7 Å². The molecule has 0 bridgehead atoms. The number of aromatic nitrogens is 2. The molecule has 118 valence electrons. The van der Waals surface area contributed by atoms with Crippen molar-refractivity contribution < 1.29 is 9.53 Å². The lowest BCUT2D eigenvalue weighted by atomic mass is 10.1. The second-order valence-electron chi connectivity index (χ2n) is 5.61. The molecule has 1 N–H and O–H groups in total. The molecule has 0 spiro atoms. The van der Waals surface area contributed by atoms with E-state index in [-0.39, 0.29) is 5.97 Å². The number of fused-ring (bicyclic) bond motifs is 1. The van der Waals surface area contributed by atoms with Crippen molar-refractivity contribution in [1.29, 1.82) is 0 Å². The standard InChI is InChI=1S/C16H21N3O2S/c1-2-21-16(20)12-9-22-15-13(12)14(17-10-18-15)19-11-7-5-3-4-6-8-11/h9-11H,2-8H2,1H3,(H,17,18,19). The number of carbonyl (C=O) groups excluding carboxylic acids is 1. The highest BCUT2D eigenvalue weighted by Gasteiger charge is 2.20. The summed E-state index contributed by atoms with van der Waals surface area (Å²) in [4.78, 5) is 21.6. The van der Waals surface area contributed by atoms with Crippen LogP contribution in [0.4, 0.5) is 5.82 Å². The van der Waals surface area contributed by atoms with E-state index in [9.17, 15) is 4.79 Å². The average Bonchev–Trinajstić information content (AvgIpc) is 2.80. The minimum absolute atomic E-state index is 0.299. The van der Waals surface area contributed by atoms with Crippen molar-refractivity contribution in [2.45, 2.75) is 51.5 Å². The second-order valence-corrected chi connectivity index (χ2v) is 6.46. The van der Waals surface area contributed by atoms with Gasteiger partial charge in [0.2, 0.25) is 0 Å². The van der Waals surface area contributed by atoms with E-state index in [0.29, 0.717) is 18.2 Å². The molecule has 0 unspecified atom stereocenters. The molecule has 0 aliphatic heterocycles. The van der Waals surface area contributed by atoms with Crippen LogP contribution in [0.2, 0.25) is 0 Å². The first kappa shape index (κ1) is 15.2. The Hall–Kier alpha value is -1.69. The molecule has 2 aromatic heterocycles. The molecular weight excluding hydrogens is 298 g/mol. The van der Waals surface area contributed by atoms with Crippen molar-refractivity contribution in [2.24, 2.45) is 0 Å². The highest BCUT2D eigenvalue weighted by Crippen LogP contribution is 2.31. The summed E-state index contributed by atoms with van der Waals surface area (Å²) in [5, 5.41) is 6.15. The molecule has 5 nitrogen and oxygen atoms in total. The number of carbonyl (C=O) groups is 1. The first-order valence-corrected chi connectivity index (χ1v) is 8.83. The summed E-state index contributed by atoms with van der Waals surface area (Å²) in [5.74, 6) is 0.466. The van der Waals surface area contributed by atoms with Gasteiger partial charge in [-0.3, -0.25) is 0 Å². The molecule has 6 heteroatoms. The Morgan fingerprint density at radius 1 is 1.32 bits per heavy atom. The molecular formula is C16H21N3O2S. The first-order chi connectivity index (χ1) is 10.8. The minimum atomic E-state index is -0.299. The van der Waals surface area contributed by atoms with Gasteiger partial charge in [0, 0.05) is 11.4 Å². The van der Waals surface area contributed by atoms with Crippen molar-refractivity contribution >= 4 is 33.3 Å². The van der Waals surface area contributed by atoms with Gasteiger partial charge in [0.15, 0.2) is 0 Å². The Morgan fingerprint density at radius 3 is 2.82 bits per heavy atom. The van der Waals surface area contributed by atoms with Crippen LogP contribution in [0, 0.1) is 0 Å². The molecule has 2 aromatic rings. The quantitative estimate of drug-likeness (QED) is 0.681. The Kier molecular flexibility index (Phi) is 4.87. The van der Waals surface area contributed by atoms with E-state index in [1.807, 2.05) is 12.3 Å². The molecule has 1 aliphatic carbocycles. The van der Waals surface area contributed by atoms with Crippen molar-refractivity contribution in [3.8, 4) is 0 Å². The number of ether oxygens (including phenoxy) is 1. The third-order valence-electron chi connectivity index (χ3n) is 4.06. The van der Waals surface area contributed by atoms with E-state index in [1.54, 1.807) is 6.33 Å². The van der Waals surface area contributed by atoms with Crippen LogP contribution in [0.25, 0.3) is 10.2 Å². The number of nitrogens with one attached hydrogen (secondary N) is 1. The van der Waals surface area contributed by atoms with Crippen molar-refractivity contribution in [3.05, 3.63) is 17.3 Å². The third-order valence-corrected chi connectivity index (χ3v) is 4.95. The monoisotopic (exact) mass is 319 g/mol. The highest BCUT2D eigenvalue weighted by atomic mass is 32.1. The first-order valence-electron chi connectivity index (χ1n) is 7.95. The van der Waals surface area contributed by atoms with Gasteiger partial charge >= 0.3 is 5.97 Å². The maximum atomic E-state index is 12.1. The van der Waals surface area contributed by atoms with Gasteiger partial charge in [-0.2, -0.15) is 0 Å². The molecule has 22 heavy (non-hydrogen) atoms. The molecule has 1 saturated carbocycles. The third kappa shape index (κ3) is 3.21. The maximum Gasteiger partial charge on any atom is 0.339 e. The van der Waals surface area contributed by atoms with E-state index in [1.165, 1.54) is 37.0 Å². The second kappa shape index (κ2) is 7.05. The predicted octanol–water partition coefficient (Wildman–Crippen LogP) is 4.00. The Morgan fingerprint density at radius 2 is 2.09 bits per heavy atom. The van der Waals surface area contributed by atoms with Crippen molar-refractivity contribution in [1.82, 2.24) is 9.97 Å². The molecule has 0 atom stereocenters. The minimum Gasteiger partial charge on any atom is -0.462 e. The fraction of sp³-hybridized carbons (Fsp3) is 0.562. The van der Waals surface area contributed by atoms with E-state index in [2.05, 4.69) is 15.3 Å². The van der Waals surface area contributed by atoms with Crippen LogP contribution in [0.3, 0.4) is 0 Å². The Bertz CT molecular complexity index is 648. The fourth-order valence-corrected chi connectivity index (χ4v) is 3.84. The van der Waals surface area contributed by atoms with Crippen LogP contribution in [0.15, 0.2) is 11.7 Å². The van der Waals surface area contributed by atoms with Gasteiger partial charge in [0.1, 0.15) is 17.0 Å². The highest BCUT2D eigenvalue weighted by molar-refractivity contribution is 7.17. The molecule has 1 aliphatic rings. The lowest BCUT2D eigenvalue weighted by Crippen LogP contribution is -2.19. The number of hydrogen-bond acceptors (Lipinski definition) is 6. The molecule has 2 heterocycles. The van der Waals surface area contributed by atoms with E-state index >= 15 is 0 Å². The van der Waals surface area contributed by atoms with E-state index in [0.717, 1.165) is 28.9 Å². The van der Waals surface area contributed by atoms with Crippen LogP contribution in [0.5, 0.6) is 0 Å². The van der Waals surface area contributed by atoms with Gasteiger partial charge < -0.3 is 10.1 Å². The summed E-state index contributed by atoms with van der Waals surface area (Å²) < 4.78 is 5.14. The maximum absolute atomic E-state index is 12.1. The van der Waals surface area contributed by atoms with Crippen LogP contribution in [-0.4, -0.2) is 28.6 Å². The number of rotatable bonds is 4. The van der Waals surface area contributed by atoms with Crippen molar-refractivity contribution in [2.75, 3.05) is 11.9 Å². The van der Waals surface area contributed by atoms with Gasteiger partial charge in [0.25, 0.3) is 0 Å². The summed E-state index contributed by atoms with van der Waals surface area (Å²) in [6, 6.07) is 0.426. The van der Waals surface area contributed by atoms with Crippen molar-refractivity contribution in [3.63, 3.8) is 0 Å². The predicted molar refractivity (Wildman–Crippen MR) is 88.5 cm³/mol. The average molecular weight is 319 g/mol. The molecule has 0 aromatic carbocycles. The Balaban J connectivity index is 1.91.